The first-order chi connectivity index (χ1) is 7.66. The highest BCUT2D eigenvalue weighted by Gasteiger charge is 2.18. The van der Waals surface area contributed by atoms with Gasteiger partial charge in [-0.2, -0.15) is 0 Å². The van der Waals surface area contributed by atoms with Crippen LogP contribution in [0.5, 0.6) is 0 Å². The molecule has 1 unspecified atom stereocenters. The molecule has 88 valence electrons. The second-order valence-corrected chi connectivity index (χ2v) is 4.90. The largest absolute Gasteiger partial charge is 0.392 e. The van der Waals surface area contributed by atoms with Crippen molar-refractivity contribution in [3.63, 3.8) is 0 Å². The van der Waals surface area contributed by atoms with Crippen LogP contribution < -0.4 is 0 Å². The summed E-state index contributed by atoms with van der Waals surface area (Å²) in [4.78, 5) is 2.36. The van der Waals surface area contributed by atoms with Crippen LogP contribution in [0.3, 0.4) is 0 Å². The maximum absolute atomic E-state index is 9.65. The Labute approximate surface area is 97.9 Å². The molecule has 1 N–H and O–H groups in total. The number of piperidine rings is 1. The Hall–Kier alpha value is -0.860. The molecular formula is C14H21NO. The number of rotatable bonds is 2. The van der Waals surface area contributed by atoms with E-state index in [1.54, 1.807) is 0 Å². The average Bonchev–Trinajstić information content (AvgIpc) is 2.24. The second kappa shape index (κ2) is 4.98. The number of aliphatic hydroxyl groups excluding tert-OH is 1. The Bertz CT molecular complexity index is 342. The van der Waals surface area contributed by atoms with Crippen molar-refractivity contribution in [3.8, 4) is 0 Å². The lowest BCUT2D eigenvalue weighted by Crippen LogP contribution is -2.37. The molecule has 0 aliphatic carbocycles. The van der Waals surface area contributed by atoms with Crippen molar-refractivity contribution in [3.05, 3.63) is 34.9 Å². The van der Waals surface area contributed by atoms with Crippen molar-refractivity contribution in [2.75, 3.05) is 13.1 Å². The van der Waals surface area contributed by atoms with Crippen molar-refractivity contribution in [2.24, 2.45) is 0 Å². The van der Waals surface area contributed by atoms with Crippen molar-refractivity contribution >= 4 is 0 Å². The Kier molecular flexibility index (Phi) is 3.62. The summed E-state index contributed by atoms with van der Waals surface area (Å²) in [5, 5.41) is 9.65. The molecular weight excluding hydrogens is 198 g/mol. The summed E-state index contributed by atoms with van der Waals surface area (Å²) in [6.45, 7) is 7.26. The van der Waals surface area contributed by atoms with Gasteiger partial charge in [0.2, 0.25) is 0 Å². The number of hydrogen-bond acceptors (Lipinski definition) is 2. The van der Waals surface area contributed by atoms with Crippen LogP contribution in [0.2, 0.25) is 0 Å². The molecule has 0 spiro atoms. The third-order valence-corrected chi connectivity index (χ3v) is 3.51. The molecule has 1 aliphatic rings. The summed E-state index contributed by atoms with van der Waals surface area (Å²) in [6, 6.07) is 6.45. The van der Waals surface area contributed by atoms with Crippen LogP contribution >= 0.6 is 0 Å². The molecule has 2 heteroatoms. The minimum Gasteiger partial charge on any atom is -0.392 e. The highest BCUT2D eigenvalue weighted by molar-refractivity contribution is 5.33. The molecule has 1 aromatic carbocycles. The number of nitrogens with zero attached hydrogens (tertiary/aromatic N) is 1. The van der Waals surface area contributed by atoms with Gasteiger partial charge in [0, 0.05) is 13.1 Å². The predicted octanol–water partition coefficient (Wildman–Crippen LogP) is 2.26. The van der Waals surface area contributed by atoms with E-state index in [2.05, 4.69) is 36.9 Å². The van der Waals surface area contributed by atoms with Crippen LogP contribution in [0.15, 0.2) is 18.2 Å². The van der Waals surface area contributed by atoms with Crippen LogP contribution in [0, 0.1) is 13.8 Å². The Morgan fingerprint density at radius 2 is 2.00 bits per heavy atom. The van der Waals surface area contributed by atoms with E-state index in [4.69, 9.17) is 0 Å². The first-order valence-corrected chi connectivity index (χ1v) is 6.12. The summed E-state index contributed by atoms with van der Waals surface area (Å²) in [5.41, 5.74) is 4.15. The van der Waals surface area contributed by atoms with Crippen LogP contribution in [0.1, 0.15) is 29.5 Å². The van der Waals surface area contributed by atoms with Gasteiger partial charge in [0.05, 0.1) is 6.10 Å². The Morgan fingerprint density at radius 1 is 1.31 bits per heavy atom. The Balaban J connectivity index is 2.08. The zero-order chi connectivity index (χ0) is 11.5. The molecule has 0 saturated carbocycles. The highest BCUT2D eigenvalue weighted by Crippen LogP contribution is 2.18. The van der Waals surface area contributed by atoms with Gasteiger partial charge in [-0.1, -0.05) is 18.2 Å². The molecule has 0 amide bonds. The quantitative estimate of drug-likeness (QED) is 0.824. The van der Waals surface area contributed by atoms with E-state index < -0.39 is 0 Å². The number of likely N-dealkylation sites (tertiary alicyclic amines) is 1. The van der Waals surface area contributed by atoms with Gasteiger partial charge in [-0.3, -0.25) is 4.90 Å². The zero-order valence-electron chi connectivity index (χ0n) is 10.2. The minimum absolute atomic E-state index is 0.127. The van der Waals surface area contributed by atoms with Crippen molar-refractivity contribution in [1.29, 1.82) is 0 Å². The highest BCUT2D eigenvalue weighted by atomic mass is 16.3. The molecule has 1 saturated heterocycles. The topological polar surface area (TPSA) is 23.5 Å². The standard InChI is InChI=1S/C14H21NO/c1-11-5-3-6-12(2)14(11)10-15-8-4-7-13(16)9-15/h3,5-6,13,16H,4,7-10H2,1-2H3. The van der Waals surface area contributed by atoms with Gasteiger partial charge in [0.25, 0.3) is 0 Å². The maximum atomic E-state index is 9.65. The number of hydrogen-bond donors (Lipinski definition) is 1. The Morgan fingerprint density at radius 3 is 2.62 bits per heavy atom. The summed E-state index contributed by atoms with van der Waals surface area (Å²) in [7, 11) is 0. The van der Waals surface area contributed by atoms with Crippen molar-refractivity contribution in [1.82, 2.24) is 4.90 Å². The van der Waals surface area contributed by atoms with Gasteiger partial charge in [-0.25, -0.2) is 0 Å². The number of β-amino-alcohol motifs (C(OH)–C–C–N with tert-alkyl or cyclic N) is 1. The SMILES string of the molecule is Cc1cccc(C)c1CN1CCCC(O)C1. The number of benzene rings is 1. The summed E-state index contributed by atoms with van der Waals surface area (Å²) in [6.07, 6.45) is 1.95. The van der Waals surface area contributed by atoms with E-state index in [0.717, 1.165) is 32.5 Å². The molecule has 0 bridgehead atoms. The first kappa shape index (κ1) is 11.6. The molecule has 0 radical (unpaired) electrons. The molecule has 1 aromatic rings. The van der Waals surface area contributed by atoms with E-state index in [-0.39, 0.29) is 6.10 Å². The monoisotopic (exact) mass is 219 g/mol. The molecule has 2 nitrogen and oxygen atoms in total. The van der Waals surface area contributed by atoms with Crippen LogP contribution in [-0.4, -0.2) is 29.2 Å². The van der Waals surface area contributed by atoms with Gasteiger partial charge >= 0.3 is 0 Å². The van der Waals surface area contributed by atoms with Gasteiger partial charge in [0.1, 0.15) is 0 Å². The molecule has 2 rings (SSSR count). The van der Waals surface area contributed by atoms with Gasteiger partial charge < -0.3 is 5.11 Å². The van der Waals surface area contributed by atoms with Gasteiger partial charge in [0.15, 0.2) is 0 Å². The average molecular weight is 219 g/mol. The van der Waals surface area contributed by atoms with E-state index in [1.165, 1.54) is 16.7 Å². The van der Waals surface area contributed by atoms with Crippen molar-refractivity contribution in [2.45, 2.75) is 39.3 Å². The lowest BCUT2D eigenvalue weighted by molar-refractivity contribution is 0.0666. The number of aliphatic hydroxyl groups is 1. The smallest absolute Gasteiger partial charge is 0.0667 e. The molecule has 1 atom stereocenters. The molecule has 1 heterocycles. The van der Waals surface area contributed by atoms with E-state index in [1.807, 2.05) is 0 Å². The zero-order valence-corrected chi connectivity index (χ0v) is 10.2. The number of aryl methyl sites for hydroxylation is 2. The third kappa shape index (κ3) is 2.63. The van der Waals surface area contributed by atoms with E-state index in [0.29, 0.717) is 0 Å². The fourth-order valence-electron chi connectivity index (χ4n) is 2.50. The summed E-state index contributed by atoms with van der Waals surface area (Å²) >= 11 is 0. The molecule has 1 fully saturated rings. The summed E-state index contributed by atoms with van der Waals surface area (Å²) in [5.74, 6) is 0. The fraction of sp³-hybridized carbons (Fsp3) is 0.571. The summed E-state index contributed by atoms with van der Waals surface area (Å²) < 4.78 is 0. The fourth-order valence-corrected chi connectivity index (χ4v) is 2.50. The van der Waals surface area contributed by atoms with E-state index >= 15 is 0 Å². The minimum atomic E-state index is -0.127. The van der Waals surface area contributed by atoms with Gasteiger partial charge in [-0.15, -0.1) is 0 Å². The van der Waals surface area contributed by atoms with E-state index in [9.17, 15) is 5.11 Å². The van der Waals surface area contributed by atoms with Gasteiger partial charge in [-0.05, 0) is 49.9 Å². The third-order valence-electron chi connectivity index (χ3n) is 3.51. The second-order valence-electron chi connectivity index (χ2n) is 4.90. The van der Waals surface area contributed by atoms with Crippen LogP contribution in [-0.2, 0) is 6.54 Å². The lowest BCUT2D eigenvalue weighted by Gasteiger charge is -2.30. The normalized spacial score (nSPS) is 22.3. The first-order valence-electron chi connectivity index (χ1n) is 6.12. The maximum Gasteiger partial charge on any atom is 0.0667 e. The van der Waals surface area contributed by atoms with Crippen LogP contribution in [0.25, 0.3) is 0 Å². The molecule has 16 heavy (non-hydrogen) atoms. The predicted molar refractivity (Wildman–Crippen MR) is 66.4 cm³/mol. The van der Waals surface area contributed by atoms with Crippen molar-refractivity contribution < 1.29 is 5.11 Å². The van der Waals surface area contributed by atoms with Crippen LogP contribution in [0.4, 0.5) is 0 Å². The molecule has 1 aliphatic heterocycles. The lowest BCUT2D eigenvalue weighted by atomic mass is 10.0. The molecule has 0 aromatic heterocycles.